The maximum atomic E-state index is 14.7. The Morgan fingerprint density at radius 3 is 1.83 bits per heavy atom. The highest BCUT2D eigenvalue weighted by Crippen LogP contribution is 2.48. The van der Waals surface area contributed by atoms with Gasteiger partial charge in [-0.05, 0) is 69.1 Å². The molecule has 4 rings (SSSR count). The number of nitrogens with zero attached hydrogens (tertiary/aromatic N) is 3. The smallest absolute Gasteiger partial charge is 0.305 e. The van der Waals surface area contributed by atoms with Gasteiger partial charge in [-0.15, -0.1) is 0 Å². The van der Waals surface area contributed by atoms with E-state index in [1.807, 2.05) is 0 Å². The van der Waals surface area contributed by atoms with Crippen LogP contribution in [-0.4, -0.2) is 185 Å². The van der Waals surface area contributed by atoms with Crippen LogP contribution in [-0.2, 0) is 64.0 Å². The number of primary amides is 2. The molecule has 1 spiro atoms. The molecule has 2 heterocycles. The van der Waals surface area contributed by atoms with Crippen LogP contribution in [0.2, 0.25) is 0 Å². The molecule has 8 atom stereocenters. The summed E-state index contributed by atoms with van der Waals surface area (Å²) in [4.78, 5) is 174. The second-order valence-electron chi connectivity index (χ2n) is 20.1. The molecule has 0 aromatic heterocycles. The van der Waals surface area contributed by atoms with Gasteiger partial charge in [0.05, 0.1) is 31.2 Å². The molecule has 1 aliphatic carbocycles. The molecule has 3 aliphatic rings. The average Bonchev–Trinajstić information content (AvgIpc) is 3.96. The number of fused-ring (bicyclic) bond motifs is 1. The first-order chi connectivity index (χ1) is 39.3. The second-order valence-corrected chi connectivity index (χ2v) is 22.8. The molecule has 458 valence electrons. The van der Waals surface area contributed by atoms with Crippen LogP contribution in [0.25, 0.3) is 0 Å². The maximum absolute atomic E-state index is 14.7. The van der Waals surface area contributed by atoms with Gasteiger partial charge >= 0.3 is 5.97 Å². The van der Waals surface area contributed by atoms with E-state index in [4.69, 9.17) is 39.1 Å². The molecule has 1 aromatic rings. The topological polar surface area (TPSA) is 515 Å². The summed E-state index contributed by atoms with van der Waals surface area (Å²) in [5, 5.41) is 30.1. The summed E-state index contributed by atoms with van der Waals surface area (Å²) in [5.74, 6) is -12.2. The summed E-state index contributed by atoms with van der Waals surface area (Å²) in [7, 11) is 3.59. The minimum absolute atomic E-state index is 0.00635. The van der Waals surface area contributed by atoms with Crippen molar-refractivity contribution in [1.82, 2.24) is 47.4 Å². The van der Waals surface area contributed by atoms with Gasteiger partial charge in [0.15, 0.2) is 11.9 Å². The van der Waals surface area contributed by atoms with Crippen LogP contribution >= 0.6 is 21.6 Å². The van der Waals surface area contributed by atoms with Gasteiger partial charge in [-0.25, -0.2) is 0 Å². The Hall–Kier alpha value is -8.10. The van der Waals surface area contributed by atoms with Gasteiger partial charge in [0.2, 0.25) is 65.0 Å². The van der Waals surface area contributed by atoms with Crippen molar-refractivity contribution in [2.24, 2.45) is 44.4 Å². The minimum Gasteiger partial charge on any atom is -0.497 e. The molecule has 2 saturated heterocycles. The van der Waals surface area contributed by atoms with Crippen LogP contribution in [0.4, 0.5) is 0 Å². The number of nitrogens with one attached hydrogen (secondary N) is 8. The van der Waals surface area contributed by atoms with E-state index >= 15 is 0 Å². The van der Waals surface area contributed by atoms with Crippen molar-refractivity contribution in [3.8, 4) is 5.75 Å². The van der Waals surface area contributed by atoms with Gasteiger partial charge in [0, 0.05) is 38.7 Å². The first kappa shape index (κ1) is 67.4. The van der Waals surface area contributed by atoms with Crippen molar-refractivity contribution >= 4 is 104 Å². The number of methoxy groups -OCH3 is 1. The molecule has 0 bridgehead atoms. The first-order valence-corrected chi connectivity index (χ1v) is 29.1. The summed E-state index contributed by atoms with van der Waals surface area (Å²) in [6, 6.07) is -5.84. The fourth-order valence-electron chi connectivity index (χ4n) is 9.54. The zero-order valence-electron chi connectivity index (χ0n) is 46.2. The molecule has 0 radical (unpaired) electrons. The fourth-order valence-corrected chi connectivity index (χ4v) is 13.0. The van der Waals surface area contributed by atoms with Crippen LogP contribution < -0.4 is 81.7 Å². The quantitative estimate of drug-likeness (QED) is 0.0300. The number of aliphatic imine (C=N–C) groups is 2. The van der Waals surface area contributed by atoms with Gasteiger partial charge in [-0.3, -0.25) is 67.5 Å². The van der Waals surface area contributed by atoms with E-state index in [1.165, 1.54) is 14.0 Å². The third-order valence-corrected chi connectivity index (χ3v) is 17.0. The number of carboxylic acids is 1. The number of carbonyl (C=O) groups excluding carboxylic acids is 11. The number of ether oxygens (including phenoxy) is 1. The number of nitrogens with two attached hydrogens (primary N) is 6. The number of guanidine groups is 2. The normalized spacial score (nSPS) is 24.6. The Bertz CT molecular complexity index is 2580. The molecule has 1 saturated carbocycles. The van der Waals surface area contributed by atoms with Crippen LogP contribution in [0.5, 0.6) is 5.75 Å². The van der Waals surface area contributed by atoms with E-state index in [1.54, 1.807) is 24.3 Å². The third-order valence-electron chi connectivity index (χ3n) is 13.7. The van der Waals surface area contributed by atoms with Crippen molar-refractivity contribution in [2.45, 2.75) is 150 Å². The van der Waals surface area contributed by atoms with E-state index < -0.39 is 143 Å². The Morgan fingerprint density at radius 1 is 0.699 bits per heavy atom. The molecule has 2 aliphatic heterocycles. The minimum atomic E-state index is -1.88. The molecule has 1 aromatic carbocycles. The number of amides is 11. The summed E-state index contributed by atoms with van der Waals surface area (Å²) >= 11 is 0. The summed E-state index contributed by atoms with van der Waals surface area (Å²) in [6.45, 7) is 0.229. The summed E-state index contributed by atoms with van der Waals surface area (Å²) in [5.41, 5.74) is 34.0. The van der Waals surface area contributed by atoms with Crippen LogP contribution in [0.1, 0.15) is 96.0 Å². The molecule has 21 N–H and O–H groups in total. The molecule has 1 unspecified atom stereocenters. The predicted octanol–water partition coefficient (Wildman–Crippen LogP) is -5.20. The average molecular weight is 1200 g/mol. The van der Waals surface area contributed by atoms with Gasteiger partial charge < -0.3 is 91.7 Å². The van der Waals surface area contributed by atoms with Crippen LogP contribution in [0.3, 0.4) is 0 Å². The number of rotatable bonds is 17. The molecule has 33 heteroatoms. The lowest BCUT2D eigenvalue weighted by atomic mass is 9.82. The van der Waals surface area contributed by atoms with E-state index in [-0.39, 0.29) is 82.3 Å². The molecule has 3 fully saturated rings. The number of carboxylic acid groups (broad SMARTS) is 1. The Morgan fingerprint density at radius 2 is 1.27 bits per heavy atom. The first-order valence-electron chi connectivity index (χ1n) is 26.8. The largest absolute Gasteiger partial charge is 0.497 e. The van der Waals surface area contributed by atoms with Crippen molar-refractivity contribution in [3.05, 3.63) is 29.8 Å². The zero-order chi connectivity index (χ0) is 61.4. The molecule has 11 amide bonds. The number of carbonyl (C=O) groups is 12. The Labute approximate surface area is 486 Å². The van der Waals surface area contributed by atoms with Crippen molar-refractivity contribution in [3.63, 3.8) is 0 Å². The molecule has 31 nitrogen and oxygen atoms in total. The van der Waals surface area contributed by atoms with Gasteiger partial charge in [0.25, 0.3) is 0 Å². The predicted molar refractivity (Wildman–Crippen MR) is 305 cm³/mol. The fraction of sp³-hybridized carbons (Fsp3) is 0.600. The number of benzene rings is 1. The van der Waals surface area contributed by atoms with E-state index in [0.29, 0.717) is 37.0 Å². The van der Waals surface area contributed by atoms with Crippen molar-refractivity contribution in [2.75, 3.05) is 39.0 Å². The van der Waals surface area contributed by atoms with E-state index in [9.17, 15) is 62.6 Å². The van der Waals surface area contributed by atoms with Crippen molar-refractivity contribution < 1.29 is 67.4 Å². The lowest BCUT2D eigenvalue weighted by molar-refractivity contribution is -0.143. The van der Waals surface area contributed by atoms with Gasteiger partial charge in [0.1, 0.15) is 54.1 Å². The third kappa shape index (κ3) is 22.0. The highest BCUT2D eigenvalue weighted by atomic mass is 33.1. The summed E-state index contributed by atoms with van der Waals surface area (Å²) < 4.78 is 4.11. The highest BCUT2D eigenvalue weighted by Gasteiger charge is 2.48. The molecular formula is C50H77N17O14S2. The number of aliphatic carboxylic acids is 1. The Kier molecular flexibility index (Phi) is 26.9. The second kappa shape index (κ2) is 33.1. The lowest BCUT2D eigenvalue weighted by Crippen LogP contribution is -2.62. The van der Waals surface area contributed by atoms with Crippen LogP contribution in [0.15, 0.2) is 34.3 Å². The highest BCUT2D eigenvalue weighted by molar-refractivity contribution is 8.77. The van der Waals surface area contributed by atoms with Gasteiger partial charge in [-0.2, -0.15) is 0 Å². The number of hydrogen-bond acceptors (Lipinski definition) is 17. The van der Waals surface area contributed by atoms with E-state index in [0.717, 1.165) is 32.9 Å². The molecular weight excluding hydrogens is 1130 g/mol. The number of hydrogen-bond donors (Lipinski definition) is 15. The van der Waals surface area contributed by atoms with E-state index in [2.05, 4.69) is 52.5 Å². The van der Waals surface area contributed by atoms with Gasteiger partial charge in [-0.1, -0.05) is 53.0 Å². The Balaban J connectivity index is 1.83. The van der Waals surface area contributed by atoms with Crippen LogP contribution in [0, 0.1) is 0 Å². The maximum Gasteiger partial charge on any atom is 0.305 e. The lowest BCUT2D eigenvalue weighted by Gasteiger charge is -2.42. The zero-order valence-corrected chi connectivity index (χ0v) is 47.9. The summed E-state index contributed by atoms with van der Waals surface area (Å²) in [6.07, 6.45) is 0.692. The monoisotopic (exact) mass is 1200 g/mol. The molecule has 83 heavy (non-hydrogen) atoms. The standard InChI is InChI=1S/C50H77N17O14S2/c1-26(68)60-39-46(79)65-33(22-36(51)69)47(80)67-20-8-11-35(67)45(78)63-29(9-6-18-57-48(53)54)41(74)59-24-37(70)61-32(23-38(71)72)44(77)64-31(21-27-12-14-28(81-2)15-13-27)43(76)62-30(10-7-19-58-49(55)56)42(75)66-34(40(52)73)25-82-83-50(39)16-4-3-5-17-50/h12-15,29-35,39H,3-11,16-25H2,1-2H3,(H2,51,69)(H2,52,73)(H,59,74)(H,60,68)(H,61,70)(H,62,76)(H,63,78)(H,64,77)(H,65,79)(H,66,75)(H,71,72)(H4,53,54,57)(H4,55,56,58)/t29-,30-,31-,32-,33-,34+,35-,39?/m0/s1. The SMILES string of the molecule is COc1ccc(C[C@@H]2NC(=O)[C@H](CC(=O)O)NC(=O)CNC(=O)[C@H](CCCN=C(N)N)NC(=O)[C@@H]3CCCN3C(=O)[C@H](CC(N)=O)NC(=O)C(NC(C)=O)C3(CCCCC3)SSC[C@H](C(N)=O)NC(=O)[C@H](CCCN=C(N)N)NC2=O)cc1. The van der Waals surface area contributed by atoms with Crippen molar-refractivity contribution in [1.29, 1.82) is 0 Å².